The van der Waals surface area contributed by atoms with E-state index in [1.54, 1.807) is 0 Å². The normalized spacial score (nSPS) is 13.6. The fraction of sp³-hybridized carbons (Fsp3) is 0. The Morgan fingerprint density at radius 1 is 0.467 bits per heavy atom. The number of anilines is 5. The minimum atomic E-state index is -0.0690. The number of ether oxygens (including phenoxy) is 2. The second kappa shape index (κ2) is 9.28. The van der Waals surface area contributed by atoms with Crippen molar-refractivity contribution in [2.45, 2.75) is 0 Å². The molecule has 7 aromatic rings. The first-order valence-electron chi connectivity index (χ1n) is 15.3. The fourth-order valence-corrected chi connectivity index (χ4v) is 7.41. The molecule has 7 aromatic carbocycles. The third kappa shape index (κ3) is 3.49. The van der Waals surface area contributed by atoms with Gasteiger partial charge in [-0.15, -0.1) is 0 Å². The number of benzene rings is 7. The molecule has 0 saturated heterocycles. The average Bonchev–Trinajstić information content (AvgIpc) is 3.10. The van der Waals surface area contributed by atoms with Crippen molar-refractivity contribution in [1.82, 2.24) is 0 Å². The molecule has 4 nitrogen and oxygen atoms in total. The molecule has 3 aliphatic heterocycles. The van der Waals surface area contributed by atoms with Crippen LogP contribution in [0.15, 0.2) is 152 Å². The Balaban J connectivity index is 1.35. The van der Waals surface area contributed by atoms with Gasteiger partial charge in [0.05, 0.1) is 0 Å². The van der Waals surface area contributed by atoms with Gasteiger partial charge in [0.15, 0.2) is 23.0 Å². The van der Waals surface area contributed by atoms with Gasteiger partial charge in [-0.1, -0.05) is 91.0 Å². The molecule has 0 aromatic heterocycles. The van der Waals surface area contributed by atoms with Crippen LogP contribution in [0.5, 0.6) is 23.0 Å². The van der Waals surface area contributed by atoms with E-state index in [-0.39, 0.29) is 6.85 Å². The first-order chi connectivity index (χ1) is 22.3. The van der Waals surface area contributed by atoms with Crippen molar-refractivity contribution in [1.29, 1.82) is 0 Å². The summed E-state index contributed by atoms with van der Waals surface area (Å²) in [5.74, 6) is 2.88. The largest absolute Gasteiger partial charge is 0.449 e. The minimum absolute atomic E-state index is 0.0690. The van der Waals surface area contributed by atoms with Crippen molar-refractivity contribution in [2.24, 2.45) is 0 Å². The number of hydrogen-bond acceptors (Lipinski definition) is 4. The van der Waals surface area contributed by atoms with Gasteiger partial charge in [-0.2, -0.15) is 0 Å². The fourth-order valence-electron chi connectivity index (χ4n) is 7.41. The molecule has 0 unspecified atom stereocenters. The van der Waals surface area contributed by atoms with Crippen molar-refractivity contribution in [3.63, 3.8) is 0 Å². The summed E-state index contributed by atoms with van der Waals surface area (Å²) in [6, 6.07) is 53.6. The van der Waals surface area contributed by atoms with E-state index in [9.17, 15) is 0 Å². The van der Waals surface area contributed by atoms with Crippen LogP contribution >= 0.6 is 0 Å². The molecule has 210 valence electrons. The summed E-state index contributed by atoms with van der Waals surface area (Å²) in [5.41, 5.74) is 10.6. The highest BCUT2D eigenvalue weighted by atomic mass is 16.6. The summed E-state index contributed by atoms with van der Waals surface area (Å²) in [4.78, 5) is 4.92. The van der Waals surface area contributed by atoms with Crippen molar-refractivity contribution >= 4 is 57.0 Å². The maximum atomic E-state index is 6.50. The molecule has 0 fully saturated rings. The number of rotatable bonds is 2. The molecular formula is C40H25BN2O2. The van der Waals surface area contributed by atoms with Gasteiger partial charge >= 0.3 is 6.85 Å². The summed E-state index contributed by atoms with van der Waals surface area (Å²) in [7, 11) is 0. The lowest BCUT2D eigenvalue weighted by atomic mass is 9.43. The van der Waals surface area contributed by atoms with Crippen LogP contribution in [0.25, 0.3) is 21.9 Å². The van der Waals surface area contributed by atoms with Crippen LogP contribution in [0.4, 0.5) is 28.4 Å². The highest BCUT2D eigenvalue weighted by Gasteiger charge is 2.46. The first-order valence-corrected chi connectivity index (χ1v) is 15.3. The molecule has 0 aliphatic carbocycles. The molecule has 0 spiro atoms. The first kappa shape index (κ1) is 24.5. The lowest BCUT2D eigenvalue weighted by Gasteiger charge is -2.46. The zero-order chi connectivity index (χ0) is 29.5. The minimum Gasteiger partial charge on any atom is -0.449 e. The van der Waals surface area contributed by atoms with Gasteiger partial charge < -0.3 is 19.2 Å². The van der Waals surface area contributed by atoms with Crippen LogP contribution < -0.4 is 30.1 Å². The summed E-state index contributed by atoms with van der Waals surface area (Å²) < 4.78 is 13.0. The number of hydrogen-bond donors (Lipinski definition) is 0. The predicted molar refractivity (Wildman–Crippen MR) is 184 cm³/mol. The Bertz CT molecular complexity index is 2300. The predicted octanol–water partition coefficient (Wildman–Crippen LogP) is 9.45. The van der Waals surface area contributed by atoms with Crippen molar-refractivity contribution in [2.75, 3.05) is 9.71 Å². The molecule has 45 heavy (non-hydrogen) atoms. The van der Waals surface area contributed by atoms with E-state index in [2.05, 4.69) is 137 Å². The molecule has 0 amide bonds. The van der Waals surface area contributed by atoms with E-state index in [1.807, 2.05) is 24.3 Å². The third-order valence-electron chi connectivity index (χ3n) is 9.24. The van der Waals surface area contributed by atoms with Crippen LogP contribution in [0.2, 0.25) is 0 Å². The van der Waals surface area contributed by atoms with Crippen LogP contribution in [0.3, 0.4) is 0 Å². The molecule has 5 heteroatoms. The van der Waals surface area contributed by atoms with Gasteiger partial charge in [0, 0.05) is 40.1 Å². The summed E-state index contributed by atoms with van der Waals surface area (Å²) in [6.45, 7) is -0.0690. The van der Waals surface area contributed by atoms with E-state index in [1.165, 1.54) is 38.6 Å². The highest BCUT2D eigenvalue weighted by molar-refractivity contribution is 6.94. The Kier molecular flexibility index (Phi) is 5.05. The molecule has 3 heterocycles. The summed E-state index contributed by atoms with van der Waals surface area (Å²) >= 11 is 0. The highest BCUT2D eigenvalue weighted by Crippen LogP contribution is 2.54. The smallest absolute Gasteiger partial charge is 0.333 e. The van der Waals surface area contributed by atoms with E-state index in [0.29, 0.717) is 5.75 Å². The Morgan fingerprint density at radius 2 is 1.09 bits per heavy atom. The monoisotopic (exact) mass is 576 g/mol. The molecule has 0 bridgehead atoms. The van der Waals surface area contributed by atoms with E-state index >= 15 is 0 Å². The molecule has 3 aliphatic rings. The SMILES string of the molecule is c1ccc(N2B3c4ccccc4N(c4ccccc4)c4cc5ccccc5c(c43)-c3cc4c(cc32)Oc2ccccc2O4)cc1. The zero-order valence-electron chi connectivity index (χ0n) is 24.2. The van der Waals surface area contributed by atoms with Gasteiger partial charge in [0.1, 0.15) is 0 Å². The third-order valence-corrected chi connectivity index (χ3v) is 9.24. The topological polar surface area (TPSA) is 24.9 Å². The van der Waals surface area contributed by atoms with Gasteiger partial charge in [0.2, 0.25) is 0 Å². The lowest BCUT2D eigenvalue weighted by molar-refractivity contribution is 0.360. The van der Waals surface area contributed by atoms with Gasteiger partial charge in [-0.3, -0.25) is 0 Å². The second-order valence-electron chi connectivity index (χ2n) is 11.7. The second-order valence-corrected chi connectivity index (χ2v) is 11.7. The van der Waals surface area contributed by atoms with Crippen molar-refractivity contribution < 1.29 is 9.47 Å². The lowest BCUT2D eigenvalue weighted by Crippen LogP contribution is -2.61. The summed E-state index contributed by atoms with van der Waals surface area (Å²) in [5, 5.41) is 2.42. The van der Waals surface area contributed by atoms with Crippen molar-refractivity contribution in [3.8, 4) is 34.1 Å². The standard InChI is InChI=1S/C40H25BN2O2/c1-3-14-27(15-4-1)42-32-20-10-9-19-31(32)41-40-34(42)23-26-13-7-8-18-29(26)39(40)30-24-37-38(45-36-22-12-11-21-35(36)44-37)25-33(30)43(41)28-16-5-2-6-17-28/h1-25H. The summed E-state index contributed by atoms with van der Waals surface area (Å²) in [6.07, 6.45) is 0. The number of nitrogens with zero attached hydrogens (tertiary/aromatic N) is 2. The maximum Gasteiger partial charge on any atom is 0.333 e. The Morgan fingerprint density at radius 3 is 1.87 bits per heavy atom. The maximum absolute atomic E-state index is 6.50. The average molecular weight is 576 g/mol. The number of para-hydroxylation sites is 5. The van der Waals surface area contributed by atoms with E-state index < -0.39 is 0 Å². The molecule has 0 radical (unpaired) electrons. The van der Waals surface area contributed by atoms with Crippen molar-refractivity contribution in [3.05, 3.63) is 152 Å². The van der Waals surface area contributed by atoms with Crippen LogP contribution in [0.1, 0.15) is 0 Å². The molecule has 10 rings (SSSR count). The number of fused-ring (bicyclic) bond motifs is 8. The van der Waals surface area contributed by atoms with Gasteiger partial charge in [-0.25, -0.2) is 0 Å². The van der Waals surface area contributed by atoms with Gasteiger partial charge in [-0.05, 0) is 81.9 Å². The Hall–Kier alpha value is -5.94. The quantitative estimate of drug-likeness (QED) is 0.192. The van der Waals surface area contributed by atoms with Crippen LogP contribution in [0, 0.1) is 0 Å². The van der Waals surface area contributed by atoms with Crippen LogP contribution in [-0.4, -0.2) is 6.85 Å². The van der Waals surface area contributed by atoms with E-state index in [4.69, 9.17) is 9.47 Å². The molecular weight excluding hydrogens is 551 g/mol. The van der Waals surface area contributed by atoms with Crippen LogP contribution in [-0.2, 0) is 0 Å². The zero-order valence-corrected chi connectivity index (χ0v) is 24.2. The van der Waals surface area contributed by atoms with Gasteiger partial charge in [0.25, 0.3) is 0 Å². The molecule has 0 atom stereocenters. The Labute approximate surface area is 261 Å². The molecule has 0 N–H and O–H groups in total. The molecule has 0 saturated carbocycles. The van der Waals surface area contributed by atoms with E-state index in [0.717, 1.165) is 39.9 Å².